The first-order chi connectivity index (χ1) is 12.8. The lowest BCUT2D eigenvalue weighted by Crippen LogP contribution is -2.47. The Labute approximate surface area is 155 Å². The van der Waals surface area contributed by atoms with E-state index in [0.717, 1.165) is 11.8 Å². The molecule has 0 bridgehead atoms. The van der Waals surface area contributed by atoms with Crippen LogP contribution in [0.3, 0.4) is 0 Å². The molecule has 1 aromatic carbocycles. The number of hydrogen-bond donors (Lipinski definition) is 0. The first kappa shape index (κ1) is 19.2. The van der Waals surface area contributed by atoms with Gasteiger partial charge in [0.1, 0.15) is 11.5 Å². The number of furan rings is 1. The molecule has 4 nitrogen and oxygen atoms in total. The number of piperazine rings is 1. The van der Waals surface area contributed by atoms with Crippen LogP contribution in [-0.2, 0) is 17.5 Å². The molecule has 3 rings (SSSR count). The zero-order chi connectivity index (χ0) is 19.4. The van der Waals surface area contributed by atoms with Crippen molar-refractivity contribution in [1.82, 2.24) is 9.80 Å². The second kappa shape index (κ2) is 8.00. The number of benzene rings is 1. The molecule has 1 fully saturated rings. The first-order valence-corrected chi connectivity index (χ1v) is 8.73. The molecule has 1 aromatic heterocycles. The van der Waals surface area contributed by atoms with Crippen LogP contribution >= 0.6 is 0 Å². The lowest BCUT2D eigenvalue weighted by Gasteiger charge is -2.34. The number of rotatable bonds is 4. The number of carbonyl (C=O) groups excluding carboxylic acids is 1. The summed E-state index contributed by atoms with van der Waals surface area (Å²) in [6, 6.07) is 9.02. The summed E-state index contributed by atoms with van der Waals surface area (Å²) < 4.78 is 43.8. The normalized spacial score (nSPS) is 16.2. The molecule has 0 aliphatic carbocycles. The minimum atomic E-state index is -4.33. The molecule has 2 heterocycles. The molecule has 1 saturated heterocycles. The Hall–Kier alpha value is -2.54. The van der Waals surface area contributed by atoms with Crippen molar-refractivity contribution >= 4 is 12.0 Å². The van der Waals surface area contributed by atoms with Crippen molar-refractivity contribution in [3.05, 3.63) is 65.1 Å². The SMILES string of the molecule is Cc1ccc(/C=C/C(=O)N2CCN(Cc3cccc(C(F)(F)F)c3)CC2)o1. The lowest BCUT2D eigenvalue weighted by atomic mass is 10.1. The van der Waals surface area contributed by atoms with Gasteiger partial charge in [0.2, 0.25) is 5.91 Å². The van der Waals surface area contributed by atoms with Crippen LogP contribution in [0.2, 0.25) is 0 Å². The van der Waals surface area contributed by atoms with Gasteiger partial charge in [-0.3, -0.25) is 9.69 Å². The van der Waals surface area contributed by atoms with E-state index >= 15 is 0 Å². The maximum absolute atomic E-state index is 12.8. The number of carbonyl (C=O) groups is 1. The van der Waals surface area contributed by atoms with Crippen LogP contribution < -0.4 is 0 Å². The third-order valence-corrected chi connectivity index (χ3v) is 4.50. The molecule has 2 aromatic rings. The highest BCUT2D eigenvalue weighted by Crippen LogP contribution is 2.29. The smallest absolute Gasteiger partial charge is 0.416 e. The Morgan fingerprint density at radius 2 is 1.89 bits per heavy atom. The molecule has 0 spiro atoms. The van der Waals surface area contributed by atoms with E-state index < -0.39 is 11.7 Å². The Balaban J connectivity index is 1.51. The van der Waals surface area contributed by atoms with E-state index in [1.807, 2.05) is 13.0 Å². The molecule has 1 aliphatic heterocycles. The predicted molar refractivity (Wildman–Crippen MR) is 95.8 cm³/mol. The highest BCUT2D eigenvalue weighted by Gasteiger charge is 2.30. The summed E-state index contributed by atoms with van der Waals surface area (Å²) in [5, 5.41) is 0. The topological polar surface area (TPSA) is 36.7 Å². The van der Waals surface area contributed by atoms with Gasteiger partial charge >= 0.3 is 6.18 Å². The molecule has 0 radical (unpaired) electrons. The van der Waals surface area contributed by atoms with Crippen LogP contribution in [0.1, 0.15) is 22.6 Å². The van der Waals surface area contributed by atoms with Crippen LogP contribution in [0.4, 0.5) is 13.2 Å². The van der Waals surface area contributed by atoms with Crippen molar-refractivity contribution in [2.45, 2.75) is 19.6 Å². The molecule has 0 saturated carbocycles. The van der Waals surface area contributed by atoms with Crippen molar-refractivity contribution in [2.75, 3.05) is 26.2 Å². The fraction of sp³-hybridized carbons (Fsp3) is 0.350. The molecule has 144 valence electrons. The van der Waals surface area contributed by atoms with Crippen LogP contribution in [0.5, 0.6) is 0 Å². The highest BCUT2D eigenvalue weighted by molar-refractivity contribution is 5.91. The van der Waals surface area contributed by atoms with Crippen molar-refractivity contribution in [1.29, 1.82) is 0 Å². The van der Waals surface area contributed by atoms with Gasteiger partial charge in [0.05, 0.1) is 5.56 Å². The monoisotopic (exact) mass is 378 g/mol. The highest BCUT2D eigenvalue weighted by atomic mass is 19.4. The molecule has 0 N–H and O–H groups in total. The Kier molecular flexibility index (Phi) is 5.70. The summed E-state index contributed by atoms with van der Waals surface area (Å²) >= 11 is 0. The van der Waals surface area contributed by atoms with Gasteiger partial charge < -0.3 is 9.32 Å². The van der Waals surface area contributed by atoms with E-state index in [9.17, 15) is 18.0 Å². The van der Waals surface area contributed by atoms with Crippen molar-refractivity contribution in [3.63, 3.8) is 0 Å². The minimum absolute atomic E-state index is 0.0947. The predicted octanol–water partition coefficient (Wildman–Crippen LogP) is 3.96. The van der Waals surface area contributed by atoms with E-state index in [1.165, 1.54) is 18.2 Å². The minimum Gasteiger partial charge on any atom is -0.462 e. The summed E-state index contributed by atoms with van der Waals surface area (Å²) in [6.07, 6.45) is -1.20. The molecule has 1 amide bonds. The van der Waals surface area contributed by atoms with Gasteiger partial charge in [-0.2, -0.15) is 13.2 Å². The van der Waals surface area contributed by atoms with Crippen LogP contribution in [-0.4, -0.2) is 41.9 Å². The number of aryl methyl sites for hydroxylation is 1. The summed E-state index contributed by atoms with van der Waals surface area (Å²) in [5.41, 5.74) is -0.00944. The molecule has 0 unspecified atom stereocenters. The van der Waals surface area contributed by atoms with Crippen LogP contribution in [0, 0.1) is 6.92 Å². The summed E-state index contributed by atoms with van der Waals surface area (Å²) in [7, 11) is 0. The second-order valence-corrected chi connectivity index (χ2v) is 6.58. The molecule has 0 atom stereocenters. The summed E-state index contributed by atoms with van der Waals surface area (Å²) in [5.74, 6) is 1.32. The Morgan fingerprint density at radius 1 is 1.15 bits per heavy atom. The van der Waals surface area contributed by atoms with Crippen molar-refractivity contribution in [2.24, 2.45) is 0 Å². The van der Waals surface area contributed by atoms with Gasteiger partial charge in [-0.05, 0) is 36.8 Å². The van der Waals surface area contributed by atoms with E-state index in [4.69, 9.17) is 4.42 Å². The fourth-order valence-corrected chi connectivity index (χ4v) is 3.03. The van der Waals surface area contributed by atoms with Crippen molar-refractivity contribution in [3.8, 4) is 0 Å². The van der Waals surface area contributed by atoms with Gasteiger partial charge in [-0.15, -0.1) is 0 Å². The molecule has 7 heteroatoms. The molecule has 1 aliphatic rings. The molecular weight excluding hydrogens is 357 g/mol. The lowest BCUT2D eigenvalue weighted by molar-refractivity contribution is -0.137. The first-order valence-electron chi connectivity index (χ1n) is 8.73. The third-order valence-electron chi connectivity index (χ3n) is 4.50. The van der Waals surface area contributed by atoms with Crippen LogP contribution in [0.15, 0.2) is 46.9 Å². The standard InChI is InChI=1S/C20H21F3N2O2/c1-15-5-6-18(27-15)7-8-19(26)25-11-9-24(10-12-25)14-16-3-2-4-17(13-16)20(21,22)23/h2-8,13H,9-12,14H2,1H3/b8-7+. The van der Waals surface area contributed by atoms with Gasteiger partial charge in [0.25, 0.3) is 0 Å². The Bertz CT molecular complexity index is 819. The number of halogens is 3. The average Bonchev–Trinajstić information content (AvgIpc) is 3.05. The van der Waals surface area contributed by atoms with E-state index in [-0.39, 0.29) is 5.91 Å². The van der Waals surface area contributed by atoms with Gasteiger partial charge in [0, 0.05) is 38.8 Å². The average molecular weight is 378 g/mol. The maximum Gasteiger partial charge on any atom is 0.416 e. The number of alkyl halides is 3. The third kappa shape index (κ3) is 5.23. The van der Waals surface area contributed by atoms with Gasteiger partial charge in [-0.25, -0.2) is 0 Å². The number of nitrogens with zero attached hydrogens (tertiary/aromatic N) is 2. The fourth-order valence-electron chi connectivity index (χ4n) is 3.03. The quantitative estimate of drug-likeness (QED) is 0.756. The number of amides is 1. The molecular formula is C20H21F3N2O2. The number of hydrogen-bond acceptors (Lipinski definition) is 3. The summed E-state index contributed by atoms with van der Waals surface area (Å²) in [6.45, 7) is 4.60. The van der Waals surface area contributed by atoms with E-state index in [2.05, 4.69) is 4.90 Å². The summed E-state index contributed by atoms with van der Waals surface area (Å²) in [4.78, 5) is 16.0. The largest absolute Gasteiger partial charge is 0.462 e. The van der Waals surface area contributed by atoms with Crippen LogP contribution in [0.25, 0.3) is 6.08 Å². The van der Waals surface area contributed by atoms with E-state index in [1.54, 1.807) is 23.1 Å². The van der Waals surface area contributed by atoms with Gasteiger partial charge in [-0.1, -0.05) is 18.2 Å². The zero-order valence-electron chi connectivity index (χ0n) is 15.0. The molecule has 27 heavy (non-hydrogen) atoms. The van der Waals surface area contributed by atoms with Gasteiger partial charge in [0.15, 0.2) is 0 Å². The second-order valence-electron chi connectivity index (χ2n) is 6.58. The van der Waals surface area contributed by atoms with E-state index in [0.29, 0.717) is 44.0 Å². The van der Waals surface area contributed by atoms with Crippen molar-refractivity contribution < 1.29 is 22.4 Å². The zero-order valence-corrected chi connectivity index (χ0v) is 15.0. The Morgan fingerprint density at radius 3 is 2.52 bits per heavy atom. The maximum atomic E-state index is 12.8.